The summed E-state index contributed by atoms with van der Waals surface area (Å²) in [5.41, 5.74) is 2.90. The number of nitrogens with one attached hydrogen (secondary N) is 1. The van der Waals surface area contributed by atoms with Crippen LogP contribution in [0.15, 0.2) is 42.5 Å². The summed E-state index contributed by atoms with van der Waals surface area (Å²) in [5, 5.41) is 2.71. The second-order valence-electron chi connectivity index (χ2n) is 4.93. The van der Waals surface area contributed by atoms with Gasteiger partial charge < -0.3 is 10.1 Å². The molecule has 2 aromatic carbocycles. The number of carbonyl (C=O) groups is 2. The summed E-state index contributed by atoms with van der Waals surface area (Å²) in [6, 6.07) is 12.6. The first-order chi connectivity index (χ1) is 10.2. The quantitative estimate of drug-likeness (QED) is 0.880. The van der Waals surface area contributed by atoms with Crippen LogP contribution < -0.4 is 10.1 Å². The van der Waals surface area contributed by atoms with Crippen LogP contribution in [-0.2, 0) is 11.2 Å². The molecule has 0 fully saturated rings. The number of aryl methyl sites for hydroxylation is 1. The molecule has 1 aliphatic rings. The molecule has 1 heterocycles. The Balaban J connectivity index is 1.90. The van der Waals surface area contributed by atoms with E-state index in [-0.39, 0.29) is 18.3 Å². The molecule has 1 amide bonds. The van der Waals surface area contributed by atoms with E-state index in [4.69, 9.17) is 4.74 Å². The maximum atomic E-state index is 12.5. The summed E-state index contributed by atoms with van der Waals surface area (Å²) >= 11 is 0. The zero-order chi connectivity index (χ0) is 14.8. The van der Waals surface area contributed by atoms with Gasteiger partial charge in [0, 0.05) is 11.1 Å². The van der Waals surface area contributed by atoms with E-state index < -0.39 is 0 Å². The molecule has 0 aromatic heterocycles. The highest BCUT2D eigenvalue weighted by Gasteiger charge is 2.18. The van der Waals surface area contributed by atoms with Gasteiger partial charge in [0.15, 0.2) is 12.4 Å². The summed E-state index contributed by atoms with van der Waals surface area (Å²) in [7, 11) is 0. The van der Waals surface area contributed by atoms with E-state index in [0.29, 0.717) is 22.6 Å². The van der Waals surface area contributed by atoms with Crippen molar-refractivity contribution < 1.29 is 14.3 Å². The third-order valence-corrected chi connectivity index (χ3v) is 3.50. The van der Waals surface area contributed by atoms with Gasteiger partial charge in [0.2, 0.25) is 0 Å². The Morgan fingerprint density at radius 3 is 2.57 bits per heavy atom. The third kappa shape index (κ3) is 2.65. The molecule has 4 nitrogen and oxygen atoms in total. The van der Waals surface area contributed by atoms with Crippen molar-refractivity contribution in [1.29, 1.82) is 0 Å². The molecule has 0 saturated heterocycles. The van der Waals surface area contributed by atoms with Crippen LogP contribution in [0.2, 0.25) is 0 Å². The van der Waals surface area contributed by atoms with Crippen LogP contribution in [0.3, 0.4) is 0 Å². The minimum Gasteiger partial charge on any atom is -0.482 e. The number of anilines is 1. The average molecular weight is 281 g/mol. The first-order valence-corrected chi connectivity index (χ1v) is 6.87. The molecule has 21 heavy (non-hydrogen) atoms. The van der Waals surface area contributed by atoms with Gasteiger partial charge in [0.25, 0.3) is 5.91 Å². The second-order valence-corrected chi connectivity index (χ2v) is 4.93. The third-order valence-electron chi connectivity index (χ3n) is 3.50. The number of ether oxygens (including phenoxy) is 1. The standard InChI is InChI=1S/C17H15NO3/c1-2-11-3-5-12(6-4-11)17(20)13-7-8-15-14(9-13)18-16(19)10-21-15/h3-9H,2,10H2,1H3,(H,18,19). The molecule has 1 N–H and O–H groups in total. The van der Waals surface area contributed by atoms with Crippen molar-refractivity contribution in [3.63, 3.8) is 0 Å². The van der Waals surface area contributed by atoms with E-state index in [2.05, 4.69) is 12.2 Å². The zero-order valence-electron chi connectivity index (χ0n) is 11.7. The number of carbonyl (C=O) groups excluding carboxylic acids is 2. The van der Waals surface area contributed by atoms with E-state index in [1.165, 1.54) is 5.56 Å². The smallest absolute Gasteiger partial charge is 0.262 e. The van der Waals surface area contributed by atoms with E-state index in [9.17, 15) is 9.59 Å². The normalized spacial score (nSPS) is 13.1. The number of fused-ring (bicyclic) bond motifs is 1. The predicted octanol–water partition coefficient (Wildman–Crippen LogP) is 2.81. The van der Waals surface area contributed by atoms with Crippen molar-refractivity contribution in [3.05, 3.63) is 59.2 Å². The summed E-state index contributed by atoms with van der Waals surface area (Å²) in [6.07, 6.45) is 0.941. The molecule has 4 heteroatoms. The molecule has 0 saturated carbocycles. The van der Waals surface area contributed by atoms with Crippen molar-refractivity contribution in [2.45, 2.75) is 13.3 Å². The van der Waals surface area contributed by atoms with E-state index in [1.807, 2.05) is 24.3 Å². The summed E-state index contributed by atoms with van der Waals surface area (Å²) in [5.74, 6) is 0.312. The lowest BCUT2D eigenvalue weighted by Crippen LogP contribution is -2.25. The van der Waals surface area contributed by atoms with Crippen LogP contribution >= 0.6 is 0 Å². The van der Waals surface area contributed by atoms with Crippen LogP contribution in [0.5, 0.6) is 5.75 Å². The van der Waals surface area contributed by atoms with Crippen molar-refractivity contribution >= 4 is 17.4 Å². The SMILES string of the molecule is CCc1ccc(C(=O)c2ccc3c(c2)NC(=O)CO3)cc1. The fourth-order valence-corrected chi connectivity index (χ4v) is 2.28. The number of rotatable bonds is 3. The number of amides is 1. The van der Waals surface area contributed by atoms with Gasteiger partial charge in [-0.3, -0.25) is 9.59 Å². The Morgan fingerprint density at radius 2 is 1.86 bits per heavy atom. The Labute approximate surface area is 122 Å². The molecule has 1 aliphatic heterocycles. The Bertz CT molecular complexity index is 704. The lowest BCUT2D eigenvalue weighted by Gasteiger charge is -2.18. The van der Waals surface area contributed by atoms with Gasteiger partial charge in [-0.25, -0.2) is 0 Å². The molecule has 0 atom stereocenters. The predicted molar refractivity (Wildman–Crippen MR) is 79.8 cm³/mol. The number of benzene rings is 2. The van der Waals surface area contributed by atoms with Gasteiger partial charge in [-0.1, -0.05) is 31.2 Å². The molecule has 0 aliphatic carbocycles. The van der Waals surface area contributed by atoms with Gasteiger partial charge in [-0.15, -0.1) is 0 Å². The Kier molecular flexibility index (Phi) is 3.44. The Morgan fingerprint density at radius 1 is 1.14 bits per heavy atom. The van der Waals surface area contributed by atoms with Crippen LogP contribution in [0.25, 0.3) is 0 Å². The van der Waals surface area contributed by atoms with Gasteiger partial charge in [-0.05, 0) is 30.2 Å². The van der Waals surface area contributed by atoms with Crippen LogP contribution in [0.1, 0.15) is 28.4 Å². The number of hydrogen-bond acceptors (Lipinski definition) is 3. The zero-order valence-corrected chi connectivity index (χ0v) is 11.7. The highest BCUT2D eigenvalue weighted by molar-refractivity contribution is 6.10. The van der Waals surface area contributed by atoms with E-state index >= 15 is 0 Å². The molecular weight excluding hydrogens is 266 g/mol. The highest BCUT2D eigenvalue weighted by atomic mass is 16.5. The maximum Gasteiger partial charge on any atom is 0.262 e. The molecule has 0 radical (unpaired) electrons. The minimum atomic E-state index is -0.209. The molecule has 0 unspecified atom stereocenters. The second kappa shape index (κ2) is 5.40. The summed E-state index contributed by atoms with van der Waals surface area (Å²) in [6.45, 7) is 2.09. The highest BCUT2D eigenvalue weighted by Crippen LogP contribution is 2.29. The molecule has 0 spiro atoms. The largest absolute Gasteiger partial charge is 0.482 e. The lowest BCUT2D eigenvalue weighted by atomic mass is 10.0. The lowest BCUT2D eigenvalue weighted by molar-refractivity contribution is -0.118. The average Bonchev–Trinajstić information content (AvgIpc) is 2.53. The van der Waals surface area contributed by atoms with Crippen molar-refractivity contribution in [3.8, 4) is 5.75 Å². The Hall–Kier alpha value is -2.62. The van der Waals surface area contributed by atoms with E-state index in [0.717, 1.165) is 6.42 Å². The number of hydrogen-bond donors (Lipinski definition) is 1. The molecule has 3 rings (SSSR count). The molecule has 106 valence electrons. The van der Waals surface area contributed by atoms with Gasteiger partial charge in [-0.2, -0.15) is 0 Å². The summed E-state index contributed by atoms with van der Waals surface area (Å²) in [4.78, 5) is 23.8. The van der Waals surface area contributed by atoms with Gasteiger partial charge >= 0.3 is 0 Å². The topological polar surface area (TPSA) is 55.4 Å². The maximum absolute atomic E-state index is 12.5. The molecule has 2 aromatic rings. The van der Waals surface area contributed by atoms with Gasteiger partial charge in [0.1, 0.15) is 5.75 Å². The van der Waals surface area contributed by atoms with Crippen LogP contribution in [0.4, 0.5) is 5.69 Å². The van der Waals surface area contributed by atoms with Crippen LogP contribution in [0, 0.1) is 0 Å². The van der Waals surface area contributed by atoms with Gasteiger partial charge in [0.05, 0.1) is 5.69 Å². The van der Waals surface area contributed by atoms with Crippen LogP contribution in [-0.4, -0.2) is 18.3 Å². The van der Waals surface area contributed by atoms with Crippen molar-refractivity contribution in [1.82, 2.24) is 0 Å². The monoisotopic (exact) mass is 281 g/mol. The fraction of sp³-hybridized carbons (Fsp3) is 0.176. The van der Waals surface area contributed by atoms with E-state index in [1.54, 1.807) is 18.2 Å². The molecule has 0 bridgehead atoms. The first kappa shape index (κ1) is 13.4. The molecular formula is C17H15NO3. The number of ketones is 1. The van der Waals surface area contributed by atoms with Crippen molar-refractivity contribution in [2.75, 3.05) is 11.9 Å². The first-order valence-electron chi connectivity index (χ1n) is 6.87. The minimum absolute atomic E-state index is 0.0127. The van der Waals surface area contributed by atoms with Crippen molar-refractivity contribution in [2.24, 2.45) is 0 Å². The summed E-state index contributed by atoms with van der Waals surface area (Å²) < 4.78 is 5.28. The fourth-order valence-electron chi connectivity index (χ4n) is 2.28.